The largest absolute Gasteiger partial charge is 0.506 e. The first-order valence-electron chi connectivity index (χ1n) is 10.7. The van der Waals surface area contributed by atoms with Gasteiger partial charge < -0.3 is 14.4 Å². The molecule has 0 atom stereocenters. The van der Waals surface area contributed by atoms with Gasteiger partial charge in [0.25, 0.3) is 0 Å². The van der Waals surface area contributed by atoms with E-state index in [9.17, 15) is 5.11 Å². The number of rotatable bonds is 3. The zero-order valence-corrected chi connectivity index (χ0v) is 20.8. The average molecular weight is 626 g/mol. The van der Waals surface area contributed by atoms with Crippen molar-refractivity contribution in [3.8, 4) is 23.2 Å². The second-order valence-electron chi connectivity index (χ2n) is 8.16. The molecule has 0 saturated carbocycles. The Hall–Kier alpha value is -3.69. The molecule has 0 amide bonds. The van der Waals surface area contributed by atoms with Gasteiger partial charge in [-0.3, -0.25) is 0 Å². The molecule has 5 nitrogen and oxygen atoms in total. The summed E-state index contributed by atoms with van der Waals surface area (Å²) in [6.45, 7) is 4.15. The average Bonchev–Trinajstić information content (AvgIpc) is 3.15. The maximum absolute atomic E-state index is 10.2. The zero-order valence-electron chi connectivity index (χ0n) is 18.5. The van der Waals surface area contributed by atoms with Crippen LogP contribution in [-0.2, 0) is 21.1 Å². The van der Waals surface area contributed by atoms with Crippen LogP contribution in [0.1, 0.15) is 11.1 Å². The predicted octanol–water partition coefficient (Wildman–Crippen LogP) is 6.64. The SMILES string of the molecule is Cc1cnc(-n2c3[c-]c(Oc4ccc5cccc(O)c5n4)ccc3c3ccccc32)cc1C.[Pt]. The number of benzene rings is 3. The van der Waals surface area contributed by atoms with Crippen LogP contribution in [0.4, 0.5) is 0 Å². The van der Waals surface area contributed by atoms with E-state index in [1.54, 1.807) is 18.2 Å². The van der Waals surface area contributed by atoms with Crippen molar-refractivity contribution in [2.75, 3.05) is 0 Å². The number of aromatic nitrogens is 3. The first kappa shape index (κ1) is 22.1. The van der Waals surface area contributed by atoms with Crippen LogP contribution < -0.4 is 4.74 Å². The Morgan fingerprint density at radius 3 is 2.59 bits per heavy atom. The molecule has 0 aliphatic heterocycles. The summed E-state index contributed by atoms with van der Waals surface area (Å²) in [5.74, 6) is 1.90. The standard InChI is InChI=1S/C28H20N3O2.Pt/c1-17-14-26(29-16-18(17)2)31-23-8-4-3-7-21(23)22-12-11-20(15-24(22)31)33-27-13-10-19-6-5-9-25(32)28(19)30-27;/h3-14,16,32H,1-2H3;/q-1;. The van der Waals surface area contributed by atoms with Crippen LogP contribution in [0.3, 0.4) is 0 Å². The van der Waals surface area contributed by atoms with E-state index in [0.29, 0.717) is 17.1 Å². The van der Waals surface area contributed by atoms with E-state index in [0.717, 1.165) is 38.6 Å². The van der Waals surface area contributed by atoms with E-state index in [2.05, 4.69) is 47.7 Å². The summed E-state index contributed by atoms with van der Waals surface area (Å²) in [5.41, 5.74) is 4.78. The Balaban J connectivity index is 0.00000241. The quantitative estimate of drug-likeness (QED) is 0.224. The second kappa shape index (κ2) is 8.58. The molecule has 6 rings (SSSR count). The number of phenols is 1. The van der Waals surface area contributed by atoms with Crippen LogP contribution in [0.15, 0.2) is 79.0 Å². The van der Waals surface area contributed by atoms with Crippen LogP contribution in [0.2, 0.25) is 0 Å². The molecular formula is C28H20N3O2Pt-. The predicted molar refractivity (Wildman–Crippen MR) is 130 cm³/mol. The Labute approximate surface area is 210 Å². The third kappa shape index (κ3) is 3.63. The fourth-order valence-electron chi connectivity index (χ4n) is 4.19. The number of aryl methyl sites for hydroxylation is 2. The van der Waals surface area contributed by atoms with Gasteiger partial charge in [0.1, 0.15) is 17.1 Å². The Kier molecular flexibility index (Phi) is 5.58. The van der Waals surface area contributed by atoms with Crippen LogP contribution in [0.25, 0.3) is 38.5 Å². The number of hydrogen-bond acceptors (Lipinski definition) is 4. The molecule has 1 N–H and O–H groups in total. The molecule has 6 aromatic rings. The van der Waals surface area contributed by atoms with Crippen molar-refractivity contribution < 1.29 is 30.9 Å². The number of pyridine rings is 2. The van der Waals surface area contributed by atoms with Gasteiger partial charge in [-0.2, -0.15) is 6.07 Å². The molecule has 6 heteroatoms. The minimum absolute atomic E-state index is 0. The van der Waals surface area contributed by atoms with Gasteiger partial charge in [-0.1, -0.05) is 35.8 Å². The van der Waals surface area contributed by atoms with Gasteiger partial charge in [0, 0.05) is 50.0 Å². The smallest absolute Gasteiger partial charge is 0.217 e. The van der Waals surface area contributed by atoms with Gasteiger partial charge in [-0.25, -0.2) is 9.97 Å². The van der Waals surface area contributed by atoms with E-state index in [4.69, 9.17) is 9.72 Å². The fraction of sp³-hybridized carbons (Fsp3) is 0.0714. The van der Waals surface area contributed by atoms with Gasteiger partial charge in [0.2, 0.25) is 5.88 Å². The minimum atomic E-state index is 0. The van der Waals surface area contributed by atoms with E-state index in [-0.39, 0.29) is 26.8 Å². The molecule has 0 aliphatic rings. The van der Waals surface area contributed by atoms with Crippen LogP contribution in [-0.4, -0.2) is 19.6 Å². The summed E-state index contributed by atoms with van der Waals surface area (Å²) in [4.78, 5) is 9.18. The normalized spacial score (nSPS) is 11.1. The molecular weight excluding hydrogens is 605 g/mol. The third-order valence-corrected chi connectivity index (χ3v) is 6.03. The van der Waals surface area contributed by atoms with E-state index in [1.165, 1.54) is 5.56 Å². The van der Waals surface area contributed by atoms with Gasteiger partial charge in [-0.05, 0) is 54.6 Å². The van der Waals surface area contributed by atoms with Crippen LogP contribution in [0.5, 0.6) is 17.4 Å². The maximum Gasteiger partial charge on any atom is 0.217 e. The summed E-state index contributed by atoms with van der Waals surface area (Å²) in [5, 5.41) is 13.2. The summed E-state index contributed by atoms with van der Waals surface area (Å²) in [6.07, 6.45) is 1.90. The van der Waals surface area contributed by atoms with Crippen molar-refractivity contribution in [3.63, 3.8) is 0 Å². The number of aromatic hydroxyl groups is 1. The van der Waals surface area contributed by atoms with Crippen LogP contribution >= 0.6 is 0 Å². The monoisotopic (exact) mass is 625 g/mol. The molecule has 0 aliphatic carbocycles. The summed E-state index contributed by atoms with van der Waals surface area (Å²) in [6, 6.07) is 26.7. The summed E-state index contributed by atoms with van der Waals surface area (Å²) in [7, 11) is 0. The summed E-state index contributed by atoms with van der Waals surface area (Å²) >= 11 is 0. The Bertz CT molecular complexity index is 1690. The topological polar surface area (TPSA) is 60.2 Å². The van der Waals surface area contributed by atoms with E-state index >= 15 is 0 Å². The molecule has 3 aromatic carbocycles. The Morgan fingerprint density at radius 1 is 0.882 bits per heavy atom. The molecule has 0 fully saturated rings. The van der Waals surface area contributed by atoms with Crippen molar-refractivity contribution >= 4 is 32.7 Å². The second-order valence-corrected chi connectivity index (χ2v) is 8.16. The third-order valence-electron chi connectivity index (χ3n) is 6.03. The van der Waals surface area contributed by atoms with Crippen molar-refractivity contribution in [1.29, 1.82) is 0 Å². The van der Waals surface area contributed by atoms with Crippen LogP contribution in [0, 0.1) is 19.9 Å². The molecule has 0 unspecified atom stereocenters. The van der Waals surface area contributed by atoms with Crippen molar-refractivity contribution in [3.05, 3.63) is 96.2 Å². The number of para-hydroxylation sites is 2. The summed E-state index contributed by atoms with van der Waals surface area (Å²) < 4.78 is 8.18. The molecule has 170 valence electrons. The molecule has 0 saturated heterocycles. The molecule has 0 spiro atoms. The van der Waals surface area contributed by atoms with Crippen molar-refractivity contribution in [1.82, 2.24) is 14.5 Å². The first-order chi connectivity index (χ1) is 16.1. The zero-order chi connectivity index (χ0) is 22.5. The minimum Gasteiger partial charge on any atom is -0.506 e. The number of hydrogen-bond donors (Lipinski definition) is 1. The Morgan fingerprint density at radius 2 is 1.74 bits per heavy atom. The number of fused-ring (bicyclic) bond motifs is 4. The molecule has 34 heavy (non-hydrogen) atoms. The van der Waals surface area contributed by atoms with Crippen molar-refractivity contribution in [2.24, 2.45) is 0 Å². The van der Waals surface area contributed by atoms with Crippen molar-refractivity contribution in [2.45, 2.75) is 13.8 Å². The number of nitrogens with zero attached hydrogens (tertiary/aromatic N) is 3. The van der Waals surface area contributed by atoms with Gasteiger partial charge in [0.15, 0.2) is 0 Å². The first-order valence-corrected chi connectivity index (χ1v) is 10.7. The van der Waals surface area contributed by atoms with E-state index in [1.807, 2.05) is 42.6 Å². The molecule has 0 radical (unpaired) electrons. The van der Waals surface area contributed by atoms with Gasteiger partial charge in [-0.15, -0.1) is 17.5 Å². The number of ether oxygens (including phenoxy) is 1. The fourth-order valence-corrected chi connectivity index (χ4v) is 4.19. The van der Waals surface area contributed by atoms with Gasteiger partial charge in [0.05, 0.1) is 0 Å². The maximum atomic E-state index is 10.2. The molecule has 3 heterocycles. The van der Waals surface area contributed by atoms with E-state index < -0.39 is 0 Å². The van der Waals surface area contributed by atoms with Gasteiger partial charge >= 0.3 is 0 Å². The molecule has 3 aromatic heterocycles. The number of phenolic OH excluding ortho intramolecular Hbond substituents is 1. The molecule has 0 bridgehead atoms.